The van der Waals surface area contributed by atoms with Gasteiger partial charge in [-0.25, -0.2) is 0 Å². The Balaban J connectivity index is 1.81. The maximum atomic E-state index is 13.4. The van der Waals surface area contributed by atoms with E-state index in [0.717, 1.165) is 26.5 Å². The molecule has 0 aliphatic carbocycles. The maximum Gasteiger partial charge on any atom is 0.300 e. The minimum absolute atomic E-state index is 0.0445. The molecule has 0 radical (unpaired) electrons. The van der Waals surface area contributed by atoms with Crippen LogP contribution in [0.15, 0.2) is 83.0 Å². The van der Waals surface area contributed by atoms with Crippen molar-refractivity contribution in [2.24, 2.45) is 7.05 Å². The van der Waals surface area contributed by atoms with Crippen molar-refractivity contribution >= 4 is 61.6 Å². The van der Waals surface area contributed by atoms with Crippen molar-refractivity contribution in [3.8, 4) is 0 Å². The van der Waals surface area contributed by atoms with Crippen LogP contribution in [0.1, 0.15) is 22.7 Å². The van der Waals surface area contributed by atoms with Crippen LogP contribution in [0.3, 0.4) is 0 Å². The van der Waals surface area contributed by atoms with Gasteiger partial charge in [-0.05, 0) is 48.9 Å². The van der Waals surface area contributed by atoms with Crippen molar-refractivity contribution in [2.45, 2.75) is 13.0 Å². The number of fused-ring (bicyclic) bond motifs is 1. The van der Waals surface area contributed by atoms with Crippen LogP contribution in [0.2, 0.25) is 5.02 Å². The van der Waals surface area contributed by atoms with Crippen LogP contribution >= 0.6 is 27.5 Å². The Morgan fingerprint density at radius 2 is 1.79 bits per heavy atom. The number of aliphatic hydroxyl groups excluding tert-OH is 1. The van der Waals surface area contributed by atoms with E-state index in [0.29, 0.717) is 16.3 Å². The molecule has 0 saturated carbocycles. The van der Waals surface area contributed by atoms with Crippen LogP contribution in [-0.4, -0.2) is 21.4 Å². The molecule has 1 aromatic heterocycles. The third-order valence-corrected chi connectivity index (χ3v) is 7.31. The highest BCUT2D eigenvalue weighted by molar-refractivity contribution is 9.10. The normalized spacial score (nSPS) is 17.6. The Kier molecular flexibility index (Phi) is 5.58. The fourth-order valence-electron chi connectivity index (χ4n) is 4.56. The zero-order valence-corrected chi connectivity index (χ0v) is 20.8. The molecule has 7 heteroatoms. The van der Waals surface area contributed by atoms with Gasteiger partial charge in [-0.15, -0.1) is 0 Å². The third kappa shape index (κ3) is 3.54. The van der Waals surface area contributed by atoms with E-state index in [2.05, 4.69) is 15.9 Å². The molecule has 1 N–H and O–H groups in total. The first kappa shape index (κ1) is 22.4. The largest absolute Gasteiger partial charge is 0.507 e. The van der Waals surface area contributed by atoms with Crippen LogP contribution < -0.4 is 4.90 Å². The van der Waals surface area contributed by atoms with Gasteiger partial charge in [-0.3, -0.25) is 14.5 Å². The van der Waals surface area contributed by atoms with Gasteiger partial charge >= 0.3 is 0 Å². The first-order valence-corrected chi connectivity index (χ1v) is 11.8. The van der Waals surface area contributed by atoms with Gasteiger partial charge in [0, 0.05) is 50.5 Å². The highest BCUT2D eigenvalue weighted by Gasteiger charge is 2.48. The average molecular weight is 536 g/mol. The van der Waals surface area contributed by atoms with E-state index in [4.69, 9.17) is 11.6 Å². The summed E-state index contributed by atoms with van der Waals surface area (Å²) < 4.78 is 2.83. The van der Waals surface area contributed by atoms with Gasteiger partial charge in [-0.1, -0.05) is 57.9 Å². The maximum absolute atomic E-state index is 13.4. The van der Waals surface area contributed by atoms with Crippen LogP contribution in [0.5, 0.6) is 0 Å². The van der Waals surface area contributed by atoms with Gasteiger partial charge in [0.2, 0.25) is 0 Å². The van der Waals surface area contributed by atoms with Crippen molar-refractivity contribution in [1.29, 1.82) is 0 Å². The van der Waals surface area contributed by atoms with E-state index in [1.165, 1.54) is 4.90 Å². The van der Waals surface area contributed by atoms with Gasteiger partial charge in [0.05, 0.1) is 11.6 Å². The van der Waals surface area contributed by atoms with Gasteiger partial charge in [0.25, 0.3) is 11.7 Å². The topological polar surface area (TPSA) is 62.5 Å². The molecule has 2 heterocycles. The van der Waals surface area contributed by atoms with E-state index < -0.39 is 17.7 Å². The first-order chi connectivity index (χ1) is 16.3. The van der Waals surface area contributed by atoms with Gasteiger partial charge < -0.3 is 9.67 Å². The average Bonchev–Trinajstić information content (AvgIpc) is 3.29. The summed E-state index contributed by atoms with van der Waals surface area (Å²) in [6, 6.07) is 19.1. The number of aromatic nitrogens is 1. The number of hydrogen-bond donors (Lipinski definition) is 1. The number of Topliss-reactive ketones (excluding diaryl/α,β-unsaturated/α-hetero) is 1. The predicted molar refractivity (Wildman–Crippen MR) is 138 cm³/mol. The quantitative estimate of drug-likeness (QED) is 0.184. The molecule has 0 spiro atoms. The first-order valence-electron chi connectivity index (χ1n) is 10.6. The lowest BCUT2D eigenvalue weighted by Crippen LogP contribution is -2.29. The molecule has 34 heavy (non-hydrogen) atoms. The molecule has 3 aromatic carbocycles. The van der Waals surface area contributed by atoms with Crippen LogP contribution in [-0.2, 0) is 16.6 Å². The molecular formula is C27H20BrClN2O3. The lowest BCUT2D eigenvalue weighted by molar-refractivity contribution is -0.132. The van der Waals surface area contributed by atoms with Crippen molar-refractivity contribution < 1.29 is 14.7 Å². The fraction of sp³-hybridized carbons (Fsp3) is 0.111. The highest BCUT2D eigenvalue weighted by atomic mass is 79.9. The lowest BCUT2D eigenvalue weighted by Gasteiger charge is -2.25. The number of para-hydroxylation sites is 1. The van der Waals surface area contributed by atoms with E-state index in [1.807, 2.05) is 55.1 Å². The second kappa shape index (κ2) is 8.46. The number of amides is 1. The second-order valence-electron chi connectivity index (χ2n) is 8.33. The summed E-state index contributed by atoms with van der Waals surface area (Å²) >= 11 is 9.70. The molecule has 1 aliphatic heterocycles. The number of carbonyl (C=O) groups excluding carboxylic acids is 2. The summed E-state index contributed by atoms with van der Waals surface area (Å²) in [4.78, 5) is 28.2. The summed E-state index contributed by atoms with van der Waals surface area (Å²) in [7, 11) is 1.91. The number of nitrogens with zero attached hydrogens (tertiary/aromatic N) is 2. The van der Waals surface area contributed by atoms with Crippen molar-refractivity contribution in [1.82, 2.24) is 4.57 Å². The van der Waals surface area contributed by atoms with Gasteiger partial charge in [0.15, 0.2) is 0 Å². The lowest BCUT2D eigenvalue weighted by atomic mass is 9.94. The zero-order chi connectivity index (χ0) is 24.1. The number of hydrogen-bond acceptors (Lipinski definition) is 3. The number of carbonyl (C=O) groups is 2. The molecule has 170 valence electrons. The van der Waals surface area contributed by atoms with Crippen LogP contribution in [0.4, 0.5) is 5.69 Å². The number of halogens is 2. The smallest absolute Gasteiger partial charge is 0.300 e. The molecule has 4 aromatic rings. The van der Waals surface area contributed by atoms with Crippen molar-refractivity contribution in [2.75, 3.05) is 4.90 Å². The summed E-state index contributed by atoms with van der Waals surface area (Å²) in [6.45, 7) is 1.90. The molecule has 1 aliphatic rings. The summed E-state index contributed by atoms with van der Waals surface area (Å²) in [5.41, 5.74) is 3.59. The molecule has 1 amide bonds. The summed E-state index contributed by atoms with van der Waals surface area (Å²) in [5.74, 6) is -1.66. The molecule has 1 saturated heterocycles. The number of ketones is 1. The highest BCUT2D eigenvalue weighted by Crippen LogP contribution is 2.45. The molecule has 5 nitrogen and oxygen atoms in total. The van der Waals surface area contributed by atoms with E-state index >= 15 is 0 Å². The van der Waals surface area contributed by atoms with Gasteiger partial charge in [-0.2, -0.15) is 0 Å². The minimum Gasteiger partial charge on any atom is -0.507 e. The fourth-order valence-corrected chi connectivity index (χ4v) is 4.99. The molecule has 5 rings (SSSR count). The van der Waals surface area contributed by atoms with E-state index in [9.17, 15) is 14.7 Å². The Labute approximate surface area is 210 Å². The Bertz CT molecular complexity index is 1520. The number of aliphatic hydroxyl groups is 1. The molecule has 0 bridgehead atoms. The number of rotatable bonds is 3. The van der Waals surface area contributed by atoms with Crippen LogP contribution in [0.25, 0.3) is 16.7 Å². The number of benzene rings is 3. The Morgan fingerprint density at radius 1 is 1.03 bits per heavy atom. The zero-order valence-electron chi connectivity index (χ0n) is 18.4. The summed E-state index contributed by atoms with van der Waals surface area (Å²) in [5, 5.41) is 12.7. The monoisotopic (exact) mass is 534 g/mol. The number of anilines is 1. The SMILES string of the molecule is Cc1cc(/C(O)=C2\C(=O)C(=O)N(c3cccc(Cl)c3)C2c2cn(C)c3ccccc23)ccc1Br. The Hall–Kier alpha value is -3.35. The molecule has 1 unspecified atom stereocenters. The van der Waals surface area contributed by atoms with Crippen molar-refractivity contribution in [3.63, 3.8) is 0 Å². The minimum atomic E-state index is -0.825. The molecule has 1 fully saturated rings. The number of aryl methyl sites for hydroxylation is 2. The second-order valence-corrected chi connectivity index (χ2v) is 9.62. The standard InChI is InChI=1S/C27H20BrClN2O3/c1-15-12-16(10-11-21(15)28)25(32)23-24(20-14-30(2)22-9-4-3-8-19(20)22)31(27(34)26(23)33)18-7-5-6-17(29)13-18/h3-14,24,32H,1-2H3/b25-23+. The van der Waals surface area contributed by atoms with Gasteiger partial charge in [0.1, 0.15) is 5.76 Å². The van der Waals surface area contributed by atoms with E-state index in [1.54, 1.807) is 36.4 Å². The summed E-state index contributed by atoms with van der Waals surface area (Å²) in [6.07, 6.45) is 1.90. The molecule has 1 atom stereocenters. The third-order valence-electron chi connectivity index (χ3n) is 6.18. The van der Waals surface area contributed by atoms with Crippen molar-refractivity contribution in [3.05, 3.63) is 105 Å². The van der Waals surface area contributed by atoms with E-state index in [-0.39, 0.29) is 11.3 Å². The van der Waals surface area contributed by atoms with Crippen LogP contribution in [0, 0.1) is 6.92 Å². The predicted octanol–water partition coefficient (Wildman–Crippen LogP) is 6.53. The molecular weight excluding hydrogens is 516 g/mol. The Morgan fingerprint density at radius 3 is 2.53 bits per heavy atom.